The maximum Gasteiger partial charge on any atom is 0.217 e. The summed E-state index contributed by atoms with van der Waals surface area (Å²) in [6.07, 6.45) is 4.13. The van der Waals surface area contributed by atoms with E-state index in [-0.39, 0.29) is 6.10 Å². The van der Waals surface area contributed by atoms with Gasteiger partial charge in [0.15, 0.2) is 0 Å². The first-order chi connectivity index (χ1) is 7.40. The molecular weight excluding hydrogens is 192 g/mol. The number of pyridine rings is 1. The van der Waals surface area contributed by atoms with Gasteiger partial charge in [0.05, 0.1) is 6.10 Å². The fourth-order valence-electron chi connectivity index (χ4n) is 1.66. The Morgan fingerprint density at radius 2 is 2.53 bits per heavy atom. The number of hydrogen-bond donors (Lipinski definition) is 1. The van der Waals surface area contributed by atoms with Crippen molar-refractivity contribution in [3.8, 4) is 5.88 Å². The minimum absolute atomic E-state index is 0.220. The molecule has 1 aliphatic heterocycles. The molecule has 1 aromatic heterocycles. The van der Waals surface area contributed by atoms with Gasteiger partial charge in [-0.15, -0.1) is 0 Å². The van der Waals surface area contributed by atoms with Crippen molar-refractivity contribution < 1.29 is 9.47 Å². The molecule has 4 nitrogen and oxygen atoms in total. The highest BCUT2D eigenvalue weighted by molar-refractivity contribution is 5.24. The van der Waals surface area contributed by atoms with E-state index in [9.17, 15) is 0 Å². The fraction of sp³-hybridized carbons (Fsp3) is 0.545. The lowest BCUT2D eigenvalue weighted by Crippen LogP contribution is -2.17. The van der Waals surface area contributed by atoms with Crippen molar-refractivity contribution >= 4 is 0 Å². The molecule has 0 spiro atoms. The zero-order valence-corrected chi connectivity index (χ0v) is 8.69. The molecule has 4 heteroatoms. The molecule has 2 heterocycles. The number of nitrogens with zero attached hydrogens (tertiary/aromatic N) is 1. The molecule has 0 unspecified atom stereocenters. The molecule has 0 saturated carbocycles. The fourth-order valence-corrected chi connectivity index (χ4v) is 1.66. The van der Waals surface area contributed by atoms with E-state index >= 15 is 0 Å². The third kappa shape index (κ3) is 2.67. The maximum atomic E-state index is 5.60. The van der Waals surface area contributed by atoms with E-state index in [4.69, 9.17) is 15.2 Å². The first kappa shape index (κ1) is 10.4. The van der Waals surface area contributed by atoms with Crippen LogP contribution in [0.15, 0.2) is 18.3 Å². The number of ether oxygens (including phenoxy) is 2. The molecule has 0 bridgehead atoms. The van der Waals surface area contributed by atoms with Crippen molar-refractivity contribution in [2.45, 2.75) is 25.5 Å². The average Bonchev–Trinajstić information content (AvgIpc) is 2.79. The Bertz CT molecular complexity index is 311. The van der Waals surface area contributed by atoms with Crippen LogP contribution in [0.4, 0.5) is 0 Å². The molecule has 15 heavy (non-hydrogen) atoms. The monoisotopic (exact) mass is 208 g/mol. The second kappa shape index (κ2) is 5.09. The summed E-state index contributed by atoms with van der Waals surface area (Å²) in [7, 11) is 0. The zero-order chi connectivity index (χ0) is 10.5. The minimum Gasteiger partial charge on any atom is -0.475 e. The van der Waals surface area contributed by atoms with Gasteiger partial charge < -0.3 is 15.2 Å². The normalized spacial score (nSPS) is 20.5. The summed E-state index contributed by atoms with van der Waals surface area (Å²) >= 11 is 0. The number of rotatable bonds is 4. The summed E-state index contributed by atoms with van der Waals surface area (Å²) in [6, 6.07) is 3.79. The molecule has 2 rings (SSSR count). The largest absolute Gasteiger partial charge is 0.475 e. The summed E-state index contributed by atoms with van der Waals surface area (Å²) in [5, 5.41) is 0. The van der Waals surface area contributed by atoms with Gasteiger partial charge in [-0.1, -0.05) is 6.07 Å². The molecule has 1 aliphatic rings. The van der Waals surface area contributed by atoms with Crippen LogP contribution in [0.3, 0.4) is 0 Å². The molecule has 1 saturated heterocycles. The predicted octanol–water partition coefficient (Wildman–Crippen LogP) is 1.10. The molecule has 1 atom stereocenters. The molecule has 0 aromatic carbocycles. The summed E-state index contributed by atoms with van der Waals surface area (Å²) in [5.41, 5.74) is 6.52. The molecule has 0 aliphatic carbocycles. The first-order valence-electron chi connectivity index (χ1n) is 5.28. The Labute approximate surface area is 89.4 Å². The van der Waals surface area contributed by atoms with Gasteiger partial charge in [0.2, 0.25) is 5.88 Å². The summed E-state index contributed by atoms with van der Waals surface area (Å²) in [6.45, 7) is 1.87. The predicted molar refractivity (Wildman–Crippen MR) is 56.6 cm³/mol. The second-order valence-electron chi connectivity index (χ2n) is 3.62. The smallest absolute Gasteiger partial charge is 0.217 e. The van der Waals surface area contributed by atoms with Crippen molar-refractivity contribution in [3.63, 3.8) is 0 Å². The summed E-state index contributed by atoms with van der Waals surface area (Å²) in [5.74, 6) is 0.635. The SMILES string of the molecule is NCc1cccnc1OC[C@@H]1CCCO1. The van der Waals surface area contributed by atoms with E-state index in [1.165, 1.54) is 0 Å². The van der Waals surface area contributed by atoms with E-state index in [0.717, 1.165) is 25.0 Å². The van der Waals surface area contributed by atoms with Crippen LogP contribution < -0.4 is 10.5 Å². The number of nitrogens with two attached hydrogens (primary N) is 1. The van der Waals surface area contributed by atoms with Gasteiger partial charge in [-0.2, -0.15) is 0 Å². The molecule has 2 N–H and O–H groups in total. The van der Waals surface area contributed by atoms with Gasteiger partial charge in [0.25, 0.3) is 0 Å². The summed E-state index contributed by atoms with van der Waals surface area (Å²) < 4.78 is 11.1. The quantitative estimate of drug-likeness (QED) is 0.805. The Kier molecular flexibility index (Phi) is 3.53. The highest BCUT2D eigenvalue weighted by atomic mass is 16.5. The van der Waals surface area contributed by atoms with Crippen molar-refractivity contribution in [1.82, 2.24) is 4.98 Å². The van der Waals surface area contributed by atoms with Crippen molar-refractivity contribution in [2.24, 2.45) is 5.73 Å². The second-order valence-corrected chi connectivity index (χ2v) is 3.62. The molecule has 1 aromatic rings. The van der Waals surface area contributed by atoms with Gasteiger partial charge in [-0.05, 0) is 18.9 Å². The van der Waals surface area contributed by atoms with Crippen LogP contribution >= 0.6 is 0 Å². The molecule has 0 radical (unpaired) electrons. The van der Waals surface area contributed by atoms with Crippen LogP contribution in [0, 0.1) is 0 Å². The van der Waals surface area contributed by atoms with Crippen LogP contribution in [0.25, 0.3) is 0 Å². The van der Waals surface area contributed by atoms with E-state index < -0.39 is 0 Å². The van der Waals surface area contributed by atoms with Crippen LogP contribution in [-0.4, -0.2) is 24.3 Å². The Balaban J connectivity index is 1.91. The third-order valence-corrected chi connectivity index (χ3v) is 2.50. The summed E-state index contributed by atoms with van der Waals surface area (Å²) in [4.78, 5) is 4.15. The number of hydrogen-bond acceptors (Lipinski definition) is 4. The maximum absolute atomic E-state index is 5.60. The van der Waals surface area contributed by atoms with E-state index in [1.807, 2.05) is 12.1 Å². The Hall–Kier alpha value is -1.13. The van der Waals surface area contributed by atoms with Crippen LogP contribution in [0.5, 0.6) is 5.88 Å². The van der Waals surface area contributed by atoms with Crippen LogP contribution in [0.1, 0.15) is 18.4 Å². The van der Waals surface area contributed by atoms with Gasteiger partial charge in [0, 0.05) is 24.9 Å². The van der Waals surface area contributed by atoms with Crippen LogP contribution in [-0.2, 0) is 11.3 Å². The lowest BCUT2D eigenvalue weighted by molar-refractivity contribution is 0.0660. The van der Waals surface area contributed by atoms with Gasteiger partial charge in [0.1, 0.15) is 6.61 Å². The molecule has 1 fully saturated rings. The van der Waals surface area contributed by atoms with E-state index in [1.54, 1.807) is 6.20 Å². The lowest BCUT2D eigenvalue weighted by atomic mass is 10.2. The van der Waals surface area contributed by atoms with Crippen molar-refractivity contribution in [1.29, 1.82) is 0 Å². The standard InChI is InChI=1S/C11H16N2O2/c12-7-9-3-1-5-13-11(9)15-8-10-4-2-6-14-10/h1,3,5,10H,2,4,6-8,12H2/t10-/m0/s1. The molecule has 82 valence electrons. The molecular formula is C11H16N2O2. The van der Waals surface area contributed by atoms with E-state index in [0.29, 0.717) is 19.0 Å². The topological polar surface area (TPSA) is 57.4 Å². The Morgan fingerprint density at radius 3 is 3.27 bits per heavy atom. The van der Waals surface area contributed by atoms with Gasteiger partial charge >= 0.3 is 0 Å². The highest BCUT2D eigenvalue weighted by Crippen LogP contribution is 2.17. The zero-order valence-electron chi connectivity index (χ0n) is 8.69. The number of aromatic nitrogens is 1. The lowest BCUT2D eigenvalue weighted by Gasteiger charge is -2.12. The van der Waals surface area contributed by atoms with E-state index in [2.05, 4.69) is 4.98 Å². The third-order valence-electron chi connectivity index (χ3n) is 2.50. The average molecular weight is 208 g/mol. The van der Waals surface area contributed by atoms with Gasteiger partial charge in [-0.25, -0.2) is 4.98 Å². The van der Waals surface area contributed by atoms with Crippen molar-refractivity contribution in [2.75, 3.05) is 13.2 Å². The van der Waals surface area contributed by atoms with Crippen molar-refractivity contribution in [3.05, 3.63) is 23.9 Å². The highest BCUT2D eigenvalue weighted by Gasteiger charge is 2.16. The first-order valence-corrected chi connectivity index (χ1v) is 5.28. The Morgan fingerprint density at radius 1 is 1.60 bits per heavy atom. The van der Waals surface area contributed by atoms with Gasteiger partial charge in [-0.3, -0.25) is 0 Å². The minimum atomic E-state index is 0.220. The van der Waals surface area contributed by atoms with Crippen LogP contribution in [0.2, 0.25) is 0 Å². The molecule has 0 amide bonds.